The molecule has 2 rings (SSSR count). The van der Waals surface area contributed by atoms with Crippen molar-refractivity contribution < 1.29 is 4.79 Å². The monoisotopic (exact) mass is 307 g/mol. The van der Waals surface area contributed by atoms with Crippen molar-refractivity contribution in [2.45, 2.75) is 37.3 Å². The number of hydrogen-bond acceptors (Lipinski definition) is 5. The zero-order valence-electron chi connectivity index (χ0n) is 11.9. The highest BCUT2D eigenvalue weighted by molar-refractivity contribution is 8.02. The highest BCUT2D eigenvalue weighted by Gasteiger charge is 2.18. The van der Waals surface area contributed by atoms with E-state index in [1.54, 1.807) is 0 Å². The summed E-state index contributed by atoms with van der Waals surface area (Å²) in [7, 11) is 0. The molecule has 106 valence electrons. The summed E-state index contributed by atoms with van der Waals surface area (Å²) in [6.45, 7) is 7.77. The fourth-order valence-corrected chi connectivity index (χ4v) is 3.73. The number of thioether (sulfide) groups is 1. The van der Waals surface area contributed by atoms with Crippen molar-refractivity contribution in [2.75, 3.05) is 5.32 Å². The Bertz CT molecular complexity index is 604. The lowest BCUT2D eigenvalue weighted by Crippen LogP contribution is -2.23. The fourth-order valence-electron chi connectivity index (χ4n) is 1.77. The Kier molecular flexibility index (Phi) is 4.77. The van der Waals surface area contributed by atoms with E-state index in [0.29, 0.717) is 0 Å². The number of carbonyl (C=O) groups excluding carboxylic acids is 1. The Labute approximate surface area is 127 Å². The number of carbonyl (C=O) groups is 1. The molecule has 0 saturated heterocycles. The molecule has 1 aromatic heterocycles. The van der Waals surface area contributed by atoms with Crippen molar-refractivity contribution in [3.63, 3.8) is 0 Å². The van der Waals surface area contributed by atoms with Crippen LogP contribution in [0.4, 0.5) is 5.69 Å². The van der Waals surface area contributed by atoms with Crippen LogP contribution in [0.1, 0.15) is 23.1 Å². The number of hydrogen-bond donors (Lipinski definition) is 1. The zero-order valence-corrected chi connectivity index (χ0v) is 13.6. The van der Waals surface area contributed by atoms with E-state index in [1.165, 1.54) is 23.1 Å². The molecule has 20 heavy (non-hydrogen) atoms. The molecule has 2 aromatic rings. The predicted molar refractivity (Wildman–Crippen MR) is 84.5 cm³/mol. The number of nitrogens with one attached hydrogen (secondary N) is 1. The first kappa shape index (κ1) is 15.0. The lowest BCUT2D eigenvalue weighted by molar-refractivity contribution is -0.115. The van der Waals surface area contributed by atoms with Gasteiger partial charge in [-0.1, -0.05) is 41.3 Å². The van der Waals surface area contributed by atoms with E-state index < -0.39 is 0 Å². The van der Waals surface area contributed by atoms with Crippen molar-refractivity contribution in [3.05, 3.63) is 34.3 Å². The topological polar surface area (TPSA) is 54.9 Å². The van der Waals surface area contributed by atoms with Gasteiger partial charge in [0.25, 0.3) is 0 Å². The van der Waals surface area contributed by atoms with Crippen LogP contribution in [0.25, 0.3) is 0 Å². The van der Waals surface area contributed by atoms with Crippen molar-refractivity contribution >= 4 is 34.7 Å². The molecule has 0 aliphatic rings. The molecule has 0 aliphatic carbocycles. The van der Waals surface area contributed by atoms with E-state index in [9.17, 15) is 4.79 Å². The Hall–Kier alpha value is -1.40. The van der Waals surface area contributed by atoms with Crippen molar-refractivity contribution in [1.82, 2.24) is 10.2 Å². The Morgan fingerprint density at radius 1 is 1.25 bits per heavy atom. The van der Waals surface area contributed by atoms with Crippen LogP contribution in [0.3, 0.4) is 0 Å². The molecule has 0 aliphatic heterocycles. The smallest absolute Gasteiger partial charge is 0.237 e. The normalized spacial score (nSPS) is 12.2. The summed E-state index contributed by atoms with van der Waals surface area (Å²) in [5.74, 6) is -0.0137. The second-order valence-corrected chi connectivity index (χ2v) is 7.37. The molecule has 4 nitrogen and oxygen atoms in total. The van der Waals surface area contributed by atoms with Crippen LogP contribution in [0, 0.1) is 20.8 Å². The van der Waals surface area contributed by atoms with Gasteiger partial charge in [0.15, 0.2) is 4.34 Å². The third kappa shape index (κ3) is 3.58. The minimum Gasteiger partial charge on any atom is -0.325 e. The SMILES string of the molecule is Cc1nnc(S[C@H](C)C(=O)Nc2c(C)cccc2C)s1. The molecule has 1 amide bonds. The number of benzene rings is 1. The summed E-state index contributed by atoms with van der Waals surface area (Å²) in [6, 6.07) is 5.98. The van der Waals surface area contributed by atoms with E-state index in [2.05, 4.69) is 15.5 Å². The molecule has 1 N–H and O–H groups in total. The first-order valence-corrected chi connectivity index (χ1v) is 8.01. The van der Waals surface area contributed by atoms with Gasteiger partial charge in [0.05, 0.1) is 5.25 Å². The minimum atomic E-state index is -0.207. The van der Waals surface area contributed by atoms with Crippen LogP contribution in [-0.2, 0) is 4.79 Å². The lowest BCUT2D eigenvalue weighted by atomic mass is 10.1. The Morgan fingerprint density at radius 2 is 1.90 bits per heavy atom. The summed E-state index contributed by atoms with van der Waals surface area (Å²) in [4.78, 5) is 12.3. The molecule has 0 radical (unpaired) electrons. The second kappa shape index (κ2) is 6.37. The van der Waals surface area contributed by atoms with Crippen LogP contribution in [0.2, 0.25) is 0 Å². The molecule has 0 fully saturated rings. The molecule has 0 unspecified atom stereocenters. The summed E-state index contributed by atoms with van der Waals surface area (Å²) < 4.78 is 0.826. The van der Waals surface area contributed by atoms with E-state index in [-0.39, 0.29) is 11.2 Å². The average Bonchev–Trinajstić information content (AvgIpc) is 2.79. The standard InChI is InChI=1S/C14H17N3OS2/c1-8-6-5-7-9(2)12(8)15-13(18)10(3)19-14-17-16-11(4)20-14/h5-7,10H,1-4H3,(H,15,18)/t10-/m1/s1. The number of aromatic nitrogens is 2. The van der Waals surface area contributed by atoms with E-state index >= 15 is 0 Å². The predicted octanol–water partition coefficient (Wildman–Crippen LogP) is 3.58. The third-order valence-electron chi connectivity index (χ3n) is 2.88. The molecule has 1 heterocycles. The van der Waals surface area contributed by atoms with Crippen LogP contribution in [-0.4, -0.2) is 21.4 Å². The maximum absolute atomic E-state index is 12.3. The molecule has 0 saturated carbocycles. The summed E-state index contributed by atoms with van der Waals surface area (Å²) in [6.07, 6.45) is 0. The van der Waals surface area contributed by atoms with Crippen molar-refractivity contribution in [1.29, 1.82) is 0 Å². The third-order valence-corrected chi connectivity index (χ3v) is 4.91. The number of rotatable bonds is 4. The van der Waals surface area contributed by atoms with Crippen molar-refractivity contribution in [2.24, 2.45) is 0 Å². The number of nitrogens with zero attached hydrogens (tertiary/aromatic N) is 2. The van der Waals surface area contributed by atoms with Gasteiger partial charge in [0.2, 0.25) is 5.91 Å². The van der Waals surface area contributed by atoms with Gasteiger partial charge < -0.3 is 5.32 Å². The first-order valence-electron chi connectivity index (χ1n) is 6.31. The van der Waals surface area contributed by atoms with Gasteiger partial charge in [0.1, 0.15) is 5.01 Å². The number of aryl methyl sites for hydroxylation is 3. The first-order chi connectivity index (χ1) is 9.47. The second-order valence-electron chi connectivity index (χ2n) is 4.60. The van der Waals surface area contributed by atoms with Crippen molar-refractivity contribution in [3.8, 4) is 0 Å². The number of para-hydroxylation sites is 1. The minimum absolute atomic E-state index is 0.0137. The van der Waals surface area contributed by atoms with Gasteiger partial charge >= 0.3 is 0 Å². The lowest BCUT2D eigenvalue weighted by Gasteiger charge is -2.14. The number of anilines is 1. The quantitative estimate of drug-likeness (QED) is 0.877. The van der Waals surface area contributed by atoms with Gasteiger partial charge in [-0.25, -0.2) is 0 Å². The van der Waals surface area contributed by atoms with Gasteiger partial charge in [-0.2, -0.15) is 0 Å². The van der Waals surface area contributed by atoms with Gasteiger partial charge in [-0.15, -0.1) is 10.2 Å². The van der Waals surface area contributed by atoms with Gasteiger partial charge in [-0.3, -0.25) is 4.79 Å². The molecule has 1 atom stereocenters. The van der Waals surface area contributed by atoms with Gasteiger partial charge in [0, 0.05) is 5.69 Å². The Balaban J connectivity index is 2.04. The van der Waals surface area contributed by atoms with Crippen LogP contribution >= 0.6 is 23.1 Å². The van der Waals surface area contributed by atoms with Gasteiger partial charge in [-0.05, 0) is 38.8 Å². The van der Waals surface area contributed by atoms with E-state index in [0.717, 1.165) is 26.2 Å². The fraction of sp³-hybridized carbons (Fsp3) is 0.357. The molecule has 6 heteroatoms. The highest BCUT2D eigenvalue weighted by Crippen LogP contribution is 2.27. The summed E-state index contributed by atoms with van der Waals surface area (Å²) in [5.41, 5.74) is 3.04. The molecular weight excluding hydrogens is 290 g/mol. The molecular formula is C14H17N3OS2. The number of amides is 1. The van der Waals surface area contributed by atoms with Crippen LogP contribution < -0.4 is 5.32 Å². The molecule has 1 aromatic carbocycles. The van der Waals surface area contributed by atoms with Crippen LogP contribution in [0.15, 0.2) is 22.5 Å². The maximum Gasteiger partial charge on any atom is 0.237 e. The summed E-state index contributed by atoms with van der Waals surface area (Å²) in [5, 5.41) is 11.7. The highest BCUT2D eigenvalue weighted by atomic mass is 32.2. The molecule has 0 bridgehead atoms. The average molecular weight is 307 g/mol. The largest absolute Gasteiger partial charge is 0.325 e. The Morgan fingerprint density at radius 3 is 2.45 bits per heavy atom. The maximum atomic E-state index is 12.3. The zero-order chi connectivity index (χ0) is 14.7. The van der Waals surface area contributed by atoms with E-state index in [1.807, 2.05) is 45.9 Å². The molecule has 0 spiro atoms. The summed E-state index contributed by atoms with van der Waals surface area (Å²) >= 11 is 2.94. The van der Waals surface area contributed by atoms with E-state index in [4.69, 9.17) is 0 Å². The van der Waals surface area contributed by atoms with Crippen LogP contribution in [0.5, 0.6) is 0 Å².